The number of nitrogens with one attached hydrogen (secondary N) is 1. The highest BCUT2D eigenvalue weighted by molar-refractivity contribution is 7.88. The number of carbonyl (C=O) groups excluding carboxylic acids is 1. The summed E-state index contributed by atoms with van der Waals surface area (Å²) in [6.07, 6.45) is 6.29. The second-order valence-electron chi connectivity index (χ2n) is 5.86. The zero-order valence-corrected chi connectivity index (χ0v) is 14.2. The van der Waals surface area contributed by atoms with Gasteiger partial charge in [0.1, 0.15) is 5.69 Å². The molecular weight excluding hydrogens is 304 g/mol. The van der Waals surface area contributed by atoms with Gasteiger partial charge in [0.25, 0.3) is 5.91 Å². The Kier molecular flexibility index (Phi) is 5.23. The Morgan fingerprint density at radius 2 is 2.18 bits per heavy atom. The third-order valence-electron chi connectivity index (χ3n) is 4.10. The Morgan fingerprint density at radius 1 is 1.45 bits per heavy atom. The van der Waals surface area contributed by atoms with Crippen molar-refractivity contribution in [1.82, 2.24) is 19.2 Å². The molecule has 1 N–H and O–H groups in total. The van der Waals surface area contributed by atoms with Gasteiger partial charge in [0.2, 0.25) is 10.0 Å². The van der Waals surface area contributed by atoms with E-state index in [1.165, 1.54) is 6.26 Å². The summed E-state index contributed by atoms with van der Waals surface area (Å²) in [7, 11) is -1.40. The summed E-state index contributed by atoms with van der Waals surface area (Å²) in [5.74, 6) is -0.167. The highest BCUT2D eigenvalue weighted by atomic mass is 32.2. The molecule has 8 heteroatoms. The van der Waals surface area contributed by atoms with Crippen molar-refractivity contribution in [3.63, 3.8) is 0 Å². The van der Waals surface area contributed by atoms with Crippen molar-refractivity contribution < 1.29 is 13.2 Å². The lowest BCUT2D eigenvalue weighted by Crippen LogP contribution is -2.44. The van der Waals surface area contributed by atoms with Crippen molar-refractivity contribution in [2.24, 2.45) is 7.05 Å². The summed E-state index contributed by atoms with van der Waals surface area (Å²) in [5.41, 5.74) is 1.24. The lowest BCUT2D eigenvalue weighted by Gasteiger charge is -2.33. The minimum absolute atomic E-state index is 0.0170. The van der Waals surface area contributed by atoms with Gasteiger partial charge in [0, 0.05) is 26.2 Å². The van der Waals surface area contributed by atoms with E-state index in [1.54, 1.807) is 29.2 Å². The molecule has 0 bridgehead atoms. The molecule has 1 fully saturated rings. The number of imidazole rings is 1. The summed E-state index contributed by atoms with van der Waals surface area (Å²) in [4.78, 5) is 16.3. The second-order valence-corrected chi connectivity index (χ2v) is 7.79. The van der Waals surface area contributed by atoms with Crippen molar-refractivity contribution in [2.75, 3.05) is 19.3 Å². The smallest absolute Gasteiger partial charge is 0.269 e. The standard InChI is InChI=1S/C14H24N4O3S/c1-11-13(17(2)10-16-11)14(19)15-8-7-12-6-4-5-9-18(12)22(3,20)21/h10,12H,4-9H2,1-3H3,(H,15,19). The van der Waals surface area contributed by atoms with Crippen LogP contribution < -0.4 is 5.32 Å². The normalized spacial score (nSPS) is 20.0. The SMILES string of the molecule is Cc1ncn(C)c1C(=O)NCCC1CCCCN1S(C)(=O)=O. The van der Waals surface area contributed by atoms with Gasteiger partial charge in [0.15, 0.2) is 0 Å². The van der Waals surface area contributed by atoms with Gasteiger partial charge in [-0.3, -0.25) is 4.79 Å². The minimum Gasteiger partial charge on any atom is -0.351 e. The molecule has 0 saturated carbocycles. The Morgan fingerprint density at radius 3 is 2.77 bits per heavy atom. The van der Waals surface area contributed by atoms with E-state index in [2.05, 4.69) is 10.3 Å². The number of sulfonamides is 1. The van der Waals surface area contributed by atoms with Gasteiger partial charge < -0.3 is 9.88 Å². The Bertz CT molecular complexity index is 619. The Labute approximate surface area is 131 Å². The number of amides is 1. The van der Waals surface area contributed by atoms with E-state index >= 15 is 0 Å². The molecule has 124 valence electrons. The van der Waals surface area contributed by atoms with Crippen LogP contribution in [0.4, 0.5) is 0 Å². The number of hydrogen-bond acceptors (Lipinski definition) is 4. The molecule has 0 aliphatic carbocycles. The van der Waals surface area contributed by atoms with Crippen LogP contribution in [0.2, 0.25) is 0 Å². The fourth-order valence-corrected chi connectivity index (χ4v) is 4.22. The van der Waals surface area contributed by atoms with Crippen molar-refractivity contribution in [2.45, 2.75) is 38.6 Å². The van der Waals surface area contributed by atoms with Crippen molar-refractivity contribution in [3.8, 4) is 0 Å². The third kappa shape index (κ3) is 3.86. The fraction of sp³-hybridized carbons (Fsp3) is 0.714. The molecule has 0 radical (unpaired) electrons. The molecule has 1 aromatic heterocycles. The minimum atomic E-state index is -3.18. The molecule has 0 aromatic carbocycles. The zero-order valence-electron chi connectivity index (χ0n) is 13.4. The highest BCUT2D eigenvalue weighted by Gasteiger charge is 2.29. The van der Waals surface area contributed by atoms with E-state index < -0.39 is 10.0 Å². The van der Waals surface area contributed by atoms with Crippen LogP contribution in [0.1, 0.15) is 41.9 Å². The number of hydrogen-bond donors (Lipinski definition) is 1. The molecule has 1 amide bonds. The maximum absolute atomic E-state index is 12.2. The van der Waals surface area contributed by atoms with E-state index in [9.17, 15) is 13.2 Å². The molecule has 1 unspecified atom stereocenters. The monoisotopic (exact) mass is 328 g/mol. The van der Waals surface area contributed by atoms with E-state index in [0.29, 0.717) is 30.9 Å². The maximum atomic E-state index is 12.2. The molecular formula is C14H24N4O3S. The van der Waals surface area contributed by atoms with Crippen LogP contribution in [0.25, 0.3) is 0 Å². The first-order valence-electron chi connectivity index (χ1n) is 7.53. The first-order chi connectivity index (χ1) is 10.3. The highest BCUT2D eigenvalue weighted by Crippen LogP contribution is 2.21. The van der Waals surface area contributed by atoms with Gasteiger partial charge in [-0.25, -0.2) is 13.4 Å². The van der Waals surface area contributed by atoms with Crippen LogP contribution in [0.5, 0.6) is 0 Å². The molecule has 1 atom stereocenters. The molecule has 1 saturated heterocycles. The quantitative estimate of drug-likeness (QED) is 0.861. The fourth-order valence-electron chi connectivity index (χ4n) is 3.01. The van der Waals surface area contributed by atoms with Gasteiger partial charge in [-0.15, -0.1) is 0 Å². The Hall–Kier alpha value is -1.41. The first kappa shape index (κ1) is 17.0. The number of rotatable bonds is 5. The van der Waals surface area contributed by atoms with E-state index in [1.807, 2.05) is 0 Å². The Balaban J connectivity index is 1.91. The average Bonchev–Trinajstić information content (AvgIpc) is 2.77. The number of aromatic nitrogens is 2. The van der Waals surface area contributed by atoms with Crippen molar-refractivity contribution in [1.29, 1.82) is 0 Å². The maximum Gasteiger partial charge on any atom is 0.269 e. The van der Waals surface area contributed by atoms with Crippen LogP contribution in [0.15, 0.2) is 6.33 Å². The van der Waals surface area contributed by atoms with Crippen LogP contribution in [0, 0.1) is 6.92 Å². The molecule has 2 heterocycles. The summed E-state index contributed by atoms with van der Waals surface area (Å²) in [6.45, 7) is 2.83. The van der Waals surface area contributed by atoms with E-state index in [-0.39, 0.29) is 11.9 Å². The van der Waals surface area contributed by atoms with Gasteiger partial charge >= 0.3 is 0 Å². The molecule has 0 spiro atoms. The van der Waals surface area contributed by atoms with Crippen molar-refractivity contribution >= 4 is 15.9 Å². The van der Waals surface area contributed by atoms with Gasteiger partial charge in [-0.05, 0) is 26.2 Å². The van der Waals surface area contributed by atoms with Crippen molar-refractivity contribution in [3.05, 3.63) is 17.7 Å². The molecule has 1 aromatic rings. The topological polar surface area (TPSA) is 84.3 Å². The number of piperidine rings is 1. The molecule has 7 nitrogen and oxygen atoms in total. The third-order valence-corrected chi connectivity index (χ3v) is 5.43. The van der Waals surface area contributed by atoms with Crippen LogP contribution >= 0.6 is 0 Å². The summed E-state index contributed by atoms with van der Waals surface area (Å²) in [5, 5.41) is 2.86. The van der Waals surface area contributed by atoms with Gasteiger partial charge in [0.05, 0.1) is 18.3 Å². The summed E-state index contributed by atoms with van der Waals surface area (Å²) >= 11 is 0. The second kappa shape index (κ2) is 6.78. The van der Waals surface area contributed by atoms with Gasteiger partial charge in [-0.1, -0.05) is 6.42 Å². The van der Waals surface area contributed by atoms with E-state index in [0.717, 1.165) is 19.3 Å². The lowest BCUT2D eigenvalue weighted by atomic mass is 10.0. The van der Waals surface area contributed by atoms with Crippen LogP contribution in [0.3, 0.4) is 0 Å². The summed E-state index contributed by atoms with van der Waals surface area (Å²) in [6, 6.07) is -0.0170. The zero-order chi connectivity index (χ0) is 16.3. The predicted octanol–water partition coefficient (Wildman–Crippen LogP) is 0.663. The average molecular weight is 328 g/mol. The van der Waals surface area contributed by atoms with Crippen LogP contribution in [-0.4, -0.2) is 53.6 Å². The molecule has 1 aliphatic heterocycles. The lowest BCUT2D eigenvalue weighted by molar-refractivity contribution is 0.0940. The predicted molar refractivity (Wildman–Crippen MR) is 84.1 cm³/mol. The first-order valence-corrected chi connectivity index (χ1v) is 9.38. The van der Waals surface area contributed by atoms with E-state index in [4.69, 9.17) is 0 Å². The number of nitrogens with zero attached hydrogens (tertiary/aromatic N) is 3. The number of carbonyl (C=O) groups is 1. The molecule has 22 heavy (non-hydrogen) atoms. The molecule has 2 rings (SSSR count). The molecule has 1 aliphatic rings. The number of aryl methyl sites for hydroxylation is 2. The van der Waals surface area contributed by atoms with Gasteiger partial charge in [-0.2, -0.15) is 4.31 Å². The largest absolute Gasteiger partial charge is 0.351 e. The summed E-state index contributed by atoms with van der Waals surface area (Å²) < 4.78 is 26.8. The van der Waals surface area contributed by atoms with Crippen LogP contribution in [-0.2, 0) is 17.1 Å².